The maximum absolute atomic E-state index is 10.8. The van der Waals surface area contributed by atoms with Gasteiger partial charge in [-0.3, -0.25) is 4.79 Å². The Morgan fingerprint density at radius 3 is 2.92 bits per heavy atom. The topological polar surface area (TPSA) is 64.9 Å². The molecule has 0 aliphatic carbocycles. The number of hydrogen-bond donors (Lipinski definition) is 2. The summed E-state index contributed by atoms with van der Waals surface area (Å²) in [5, 5.41) is 14.7. The van der Waals surface area contributed by atoms with E-state index in [9.17, 15) is 4.79 Å². The lowest BCUT2D eigenvalue weighted by molar-refractivity contribution is -0.120. The third-order valence-corrected chi connectivity index (χ3v) is 2.01. The number of piperidine rings is 1. The fourth-order valence-electron chi connectivity index (χ4n) is 1.47. The standard InChI is InChI=1S/C8H13N3O/c1-7(12)11-8(5-9)3-2-4-10-6-8/h10H,2-4,6H2,1H3,(H,11,12). The maximum Gasteiger partial charge on any atom is 0.218 e. The number of rotatable bonds is 1. The van der Waals surface area contributed by atoms with Gasteiger partial charge < -0.3 is 10.6 Å². The van der Waals surface area contributed by atoms with Gasteiger partial charge >= 0.3 is 0 Å². The summed E-state index contributed by atoms with van der Waals surface area (Å²) in [5.41, 5.74) is -0.663. The lowest BCUT2D eigenvalue weighted by Gasteiger charge is -2.31. The minimum Gasteiger partial charge on any atom is -0.337 e. The molecule has 0 saturated carbocycles. The first-order valence-electron chi connectivity index (χ1n) is 4.09. The summed E-state index contributed by atoms with van der Waals surface area (Å²) in [6.07, 6.45) is 1.68. The van der Waals surface area contributed by atoms with Gasteiger partial charge in [0.15, 0.2) is 0 Å². The van der Waals surface area contributed by atoms with Crippen LogP contribution in [0.25, 0.3) is 0 Å². The Morgan fingerprint density at radius 2 is 2.50 bits per heavy atom. The van der Waals surface area contributed by atoms with Crippen molar-refractivity contribution in [1.29, 1.82) is 5.26 Å². The molecule has 1 unspecified atom stereocenters. The molecule has 0 aromatic rings. The quantitative estimate of drug-likeness (QED) is 0.567. The first-order valence-corrected chi connectivity index (χ1v) is 4.09. The van der Waals surface area contributed by atoms with Crippen molar-refractivity contribution in [2.45, 2.75) is 25.3 Å². The van der Waals surface area contributed by atoms with Crippen LogP contribution in [0.1, 0.15) is 19.8 Å². The van der Waals surface area contributed by atoms with Crippen molar-refractivity contribution in [3.05, 3.63) is 0 Å². The van der Waals surface area contributed by atoms with E-state index in [1.165, 1.54) is 6.92 Å². The van der Waals surface area contributed by atoms with Crippen LogP contribution >= 0.6 is 0 Å². The zero-order chi connectivity index (χ0) is 9.03. The molecule has 66 valence electrons. The molecule has 0 spiro atoms. The minimum atomic E-state index is -0.663. The van der Waals surface area contributed by atoms with E-state index in [0.29, 0.717) is 6.54 Å². The van der Waals surface area contributed by atoms with Crippen LogP contribution in [-0.2, 0) is 4.79 Å². The van der Waals surface area contributed by atoms with Gasteiger partial charge in [-0.05, 0) is 19.4 Å². The molecule has 0 aromatic heterocycles. The van der Waals surface area contributed by atoms with Gasteiger partial charge in [0.25, 0.3) is 0 Å². The van der Waals surface area contributed by atoms with Gasteiger partial charge in [0, 0.05) is 13.5 Å². The second-order valence-corrected chi connectivity index (χ2v) is 3.16. The predicted octanol–water partition coefficient (Wildman–Crippen LogP) is -0.232. The number of carbonyl (C=O) groups is 1. The summed E-state index contributed by atoms with van der Waals surface area (Å²) in [4.78, 5) is 10.8. The number of nitrogens with one attached hydrogen (secondary N) is 2. The summed E-state index contributed by atoms with van der Waals surface area (Å²) >= 11 is 0. The number of carbonyl (C=O) groups excluding carboxylic acids is 1. The Labute approximate surface area is 71.9 Å². The molecule has 1 amide bonds. The van der Waals surface area contributed by atoms with Gasteiger partial charge in [0.05, 0.1) is 6.07 Å². The average molecular weight is 167 g/mol. The molecule has 2 N–H and O–H groups in total. The first-order chi connectivity index (χ1) is 5.68. The van der Waals surface area contributed by atoms with E-state index in [4.69, 9.17) is 5.26 Å². The lowest BCUT2D eigenvalue weighted by atomic mass is 9.92. The monoisotopic (exact) mass is 167 g/mol. The van der Waals surface area contributed by atoms with Crippen LogP contribution in [0.2, 0.25) is 0 Å². The summed E-state index contributed by atoms with van der Waals surface area (Å²) in [5.74, 6) is -0.139. The van der Waals surface area contributed by atoms with Crippen molar-refractivity contribution in [2.24, 2.45) is 0 Å². The van der Waals surface area contributed by atoms with Gasteiger partial charge in [0.2, 0.25) is 5.91 Å². The number of amides is 1. The zero-order valence-electron chi connectivity index (χ0n) is 7.18. The SMILES string of the molecule is CC(=O)NC1(C#N)CCCNC1. The molecule has 0 aromatic carbocycles. The van der Waals surface area contributed by atoms with Crippen LogP contribution in [0.4, 0.5) is 0 Å². The highest BCUT2D eigenvalue weighted by Gasteiger charge is 2.32. The fraction of sp³-hybridized carbons (Fsp3) is 0.750. The van der Waals surface area contributed by atoms with E-state index in [0.717, 1.165) is 19.4 Å². The van der Waals surface area contributed by atoms with Crippen LogP contribution in [0.15, 0.2) is 0 Å². The second-order valence-electron chi connectivity index (χ2n) is 3.16. The van der Waals surface area contributed by atoms with Crippen molar-refractivity contribution in [3.63, 3.8) is 0 Å². The molecule has 0 bridgehead atoms. The molecule has 4 nitrogen and oxygen atoms in total. The Hall–Kier alpha value is -1.08. The number of hydrogen-bond acceptors (Lipinski definition) is 3. The van der Waals surface area contributed by atoms with Crippen molar-refractivity contribution in [1.82, 2.24) is 10.6 Å². The van der Waals surface area contributed by atoms with Crippen LogP contribution in [0.3, 0.4) is 0 Å². The summed E-state index contributed by atoms with van der Waals surface area (Å²) < 4.78 is 0. The van der Waals surface area contributed by atoms with Gasteiger partial charge in [-0.15, -0.1) is 0 Å². The molecule has 1 atom stereocenters. The fourth-order valence-corrected chi connectivity index (χ4v) is 1.47. The van der Waals surface area contributed by atoms with Crippen LogP contribution in [0.5, 0.6) is 0 Å². The normalized spacial score (nSPS) is 29.0. The van der Waals surface area contributed by atoms with Crippen LogP contribution < -0.4 is 10.6 Å². The Balaban J connectivity index is 2.61. The highest BCUT2D eigenvalue weighted by atomic mass is 16.1. The molecule has 1 aliphatic heterocycles. The first kappa shape index (κ1) is 9.01. The van der Waals surface area contributed by atoms with Crippen LogP contribution in [0, 0.1) is 11.3 Å². The Kier molecular flexibility index (Phi) is 2.66. The van der Waals surface area contributed by atoms with E-state index in [1.807, 2.05) is 0 Å². The molecule has 1 fully saturated rings. The van der Waals surface area contributed by atoms with Gasteiger partial charge in [-0.1, -0.05) is 0 Å². The van der Waals surface area contributed by atoms with E-state index in [1.54, 1.807) is 0 Å². The Morgan fingerprint density at radius 1 is 1.75 bits per heavy atom. The maximum atomic E-state index is 10.8. The molecule has 12 heavy (non-hydrogen) atoms. The van der Waals surface area contributed by atoms with E-state index in [-0.39, 0.29) is 5.91 Å². The molecule has 1 saturated heterocycles. The van der Waals surface area contributed by atoms with Gasteiger partial charge in [0.1, 0.15) is 5.54 Å². The van der Waals surface area contributed by atoms with E-state index in [2.05, 4.69) is 16.7 Å². The molecule has 1 rings (SSSR count). The van der Waals surface area contributed by atoms with Crippen LogP contribution in [-0.4, -0.2) is 24.5 Å². The van der Waals surface area contributed by atoms with Gasteiger partial charge in [-0.2, -0.15) is 5.26 Å². The number of nitriles is 1. The molecule has 1 aliphatic rings. The third-order valence-electron chi connectivity index (χ3n) is 2.01. The second kappa shape index (κ2) is 3.55. The van der Waals surface area contributed by atoms with Crippen molar-refractivity contribution in [3.8, 4) is 6.07 Å². The highest BCUT2D eigenvalue weighted by Crippen LogP contribution is 2.14. The Bertz CT molecular complexity index is 213. The molecular weight excluding hydrogens is 154 g/mol. The summed E-state index contributed by atoms with van der Waals surface area (Å²) in [7, 11) is 0. The molecule has 1 heterocycles. The van der Waals surface area contributed by atoms with Crippen molar-refractivity contribution in [2.75, 3.05) is 13.1 Å². The largest absolute Gasteiger partial charge is 0.337 e. The molecule has 0 radical (unpaired) electrons. The number of nitrogens with zero attached hydrogens (tertiary/aromatic N) is 1. The predicted molar refractivity (Wildman–Crippen MR) is 44.3 cm³/mol. The smallest absolute Gasteiger partial charge is 0.218 e. The summed E-state index contributed by atoms with van der Waals surface area (Å²) in [6, 6.07) is 2.15. The van der Waals surface area contributed by atoms with Crippen molar-refractivity contribution >= 4 is 5.91 Å². The lowest BCUT2D eigenvalue weighted by Crippen LogP contribution is -2.56. The molecular formula is C8H13N3O. The van der Waals surface area contributed by atoms with E-state index >= 15 is 0 Å². The van der Waals surface area contributed by atoms with Crippen molar-refractivity contribution < 1.29 is 4.79 Å². The van der Waals surface area contributed by atoms with Gasteiger partial charge in [-0.25, -0.2) is 0 Å². The zero-order valence-corrected chi connectivity index (χ0v) is 7.18. The molecule has 4 heteroatoms. The average Bonchev–Trinajstić information content (AvgIpc) is 2.05. The summed E-state index contributed by atoms with van der Waals surface area (Å²) in [6.45, 7) is 2.93. The highest BCUT2D eigenvalue weighted by molar-refractivity contribution is 5.74. The third kappa shape index (κ3) is 1.95. The van der Waals surface area contributed by atoms with E-state index < -0.39 is 5.54 Å². The minimum absolute atomic E-state index is 0.139.